The summed E-state index contributed by atoms with van der Waals surface area (Å²) in [6.07, 6.45) is 8.38. The number of ether oxygens (including phenoxy) is 1. The van der Waals surface area contributed by atoms with Gasteiger partial charge < -0.3 is 19.3 Å². The number of carbonyl (C=O) groups excluding carboxylic acids is 1. The fraction of sp³-hybridized carbons (Fsp3) is 0.478. The SMILES string of the molecule is CCN(c1cncs1)C(O)Cn1cc(C(=O)C2CCCCC2)c2ccc(OC)cc21. The van der Waals surface area contributed by atoms with Gasteiger partial charge in [0.1, 0.15) is 17.0 Å². The van der Waals surface area contributed by atoms with Gasteiger partial charge in [0.25, 0.3) is 0 Å². The Morgan fingerprint density at radius 2 is 2.17 bits per heavy atom. The number of aromatic nitrogens is 2. The zero-order valence-corrected chi connectivity index (χ0v) is 18.4. The number of hydrogen-bond acceptors (Lipinski definition) is 6. The van der Waals surface area contributed by atoms with E-state index in [9.17, 15) is 9.90 Å². The normalized spacial score (nSPS) is 16.0. The molecular weight excluding hydrogens is 398 g/mol. The number of nitrogens with zero attached hydrogens (tertiary/aromatic N) is 3. The molecule has 1 saturated carbocycles. The van der Waals surface area contributed by atoms with E-state index in [4.69, 9.17) is 4.74 Å². The Balaban J connectivity index is 1.68. The van der Waals surface area contributed by atoms with Crippen LogP contribution in [0.1, 0.15) is 49.4 Å². The Bertz CT molecular complexity index is 993. The maximum atomic E-state index is 13.3. The molecule has 0 bridgehead atoms. The predicted octanol–water partition coefficient (Wildman–Crippen LogP) is 4.71. The van der Waals surface area contributed by atoms with Crippen LogP contribution in [0.25, 0.3) is 10.9 Å². The zero-order chi connectivity index (χ0) is 21.1. The average molecular weight is 428 g/mol. The van der Waals surface area contributed by atoms with Crippen molar-refractivity contribution >= 4 is 33.0 Å². The number of anilines is 1. The van der Waals surface area contributed by atoms with Crippen molar-refractivity contribution in [2.45, 2.75) is 51.8 Å². The van der Waals surface area contributed by atoms with Crippen molar-refractivity contribution < 1.29 is 14.6 Å². The van der Waals surface area contributed by atoms with Gasteiger partial charge in [-0.15, -0.1) is 11.3 Å². The van der Waals surface area contributed by atoms with Crippen LogP contribution >= 0.6 is 11.3 Å². The molecule has 1 aromatic carbocycles. The monoisotopic (exact) mass is 427 g/mol. The third-order valence-corrected chi connectivity index (χ3v) is 6.90. The lowest BCUT2D eigenvalue weighted by molar-refractivity contribution is 0.0890. The van der Waals surface area contributed by atoms with E-state index < -0.39 is 6.23 Å². The van der Waals surface area contributed by atoms with E-state index in [1.807, 2.05) is 40.8 Å². The maximum Gasteiger partial charge on any atom is 0.168 e. The quantitative estimate of drug-likeness (QED) is 0.416. The zero-order valence-electron chi connectivity index (χ0n) is 17.6. The molecule has 0 spiro atoms. The minimum absolute atomic E-state index is 0.106. The number of likely N-dealkylation sites (N-methyl/N-ethyl adjacent to an activating group) is 1. The van der Waals surface area contributed by atoms with Crippen molar-refractivity contribution in [3.8, 4) is 5.75 Å². The number of benzene rings is 1. The molecule has 0 saturated heterocycles. The Labute approximate surface area is 181 Å². The first-order valence-electron chi connectivity index (χ1n) is 10.7. The molecule has 30 heavy (non-hydrogen) atoms. The van der Waals surface area contributed by atoms with Crippen molar-refractivity contribution in [3.05, 3.63) is 41.7 Å². The summed E-state index contributed by atoms with van der Waals surface area (Å²) in [6, 6.07) is 5.81. The van der Waals surface area contributed by atoms with Crippen LogP contribution in [0.3, 0.4) is 0 Å². The van der Waals surface area contributed by atoms with Crippen LogP contribution in [0.15, 0.2) is 36.1 Å². The number of methoxy groups -OCH3 is 1. The Kier molecular flexibility index (Phi) is 6.39. The predicted molar refractivity (Wildman–Crippen MR) is 121 cm³/mol. The highest BCUT2D eigenvalue weighted by molar-refractivity contribution is 7.13. The van der Waals surface area contributed by atoms with Crippen molar-refractivity contribution in [1.29, 1.82) is 0 Å². The molecule has 1 aliphatic carbocycles. The number of aliphatic hydroxyl groups excluding tert-OH is 1. The molecule has 1 unspecified atom stereocenters. The van der Waals surface area contributed by atoms with Gasteiger partial charge in [0.2, 0.25) is 0 Å². The van der Waals surface area contributed by atoms with E-state index in [2.05, 4.69) is 4.98 Å². The smallest absolute Gasteiger partial charge is 0.168 e. The molecule has 0 amide bonds. The number of rotatable bonds is 8. The highest BCUT2D eigenvalue weighted by Gasteiger charge is 2.26. The largest absolute Gasteiger partial charge is 0.497 e. The Hall–Kier alpha value is -2.38. The number of aliphatic hydroxyl groups is 1. The lowest BCUT2D eigenvalue weighted by atomic mass is 9.84. The first-order chi connectivity index (χ1) is 14.6. The number of fused-ring (bicyclic) bond motifs is 1. The molecule has 2 aromatic heterocycles. The van der Waals surface area contributed by atoms with E-state index >= 15 is 0 Å². The number of hydrogen-bond donors (Lipinski definition) is 1. The van der Waals surface area contributed by atoms with Crippen molar-refractivity contribution in [2.75, 3.05) is 18.6 Å². The summed E-state index contributed by atoms with van der Waals surface area (Å²) < 4.78 is 7.41. The Morgan fingerprint density at radius 3 is 2.83 bits per heavy atom. The first kappa shape index (κ1) is 20.9. The van der Waals surface area contributed by atoms with Crippen molar-refractivity contribution in [3.63, 3.8) is 0 Å². The summed E-state index contributed by atoms with van der Waals surface area (Å²) in [5.41, 5.74) is 3.43. The van der Waals surface area contributed by atoms with Crippen LogP contribution < -0.4 is 9.64 Å². The van der Waals surface area contributed by atoms with Crippen molar-refractivity contribution in [2.24, 2.45) is 5.92 Å². The molecule has 1 atom stereocenters. The van der Waals surface area contributed by atoms with Crippen LogP contribution in [0, 0.1) is 5.92 Å². The second-order valence-corrected chi connectivity index (χ2v) is 8.75. The lowest BCUT2D eigenvalue weighted by Gasteiger charge is -2.27. The van der Waals surface area contributed by atoms with Crippen LogP contribution in [-0.2, 0) is 6.54 Å². The van der Waals surface area contributed by atoms with Gasteiger partial charge in [0, 0.05) is 35.7 Å². The third kappa shape index (κ3) is 4.09. The van der Waals surface area contributed by atoms with Crippen LogP contribution in [0.4, 0.5) is 5.00 Å². The number of Topliss-reactive ketones (excluding diaryl/α,β-unsaturated/α-hetero) is 1. The van der Waals surface area contributed by atoms with Gasteiger partial charge in [-0.05, 0) is 31.9 Å². The summed E-state index contributed by atoms with van der Waals surface area (Å²) in [7, 11) is 1.64. The molecule has 0 aliphatic heterocycles. The van der Waals surface area contributed by atoms with Gasteiger partial charge in [-0.3, -0.25) is 9.78 Å². The standard InChI is InChI=1S/C23H29N3O3S/c1-3-26(22-12-24-15-30-22)21(27)14-25-13-19(23(28)16-7-5-4-6-8-16)18-10-9-17(29-2)11-20(18)25/h9-13,15-16,21,27H,3-8,14H2,1-2H3. The van der Waals surface area contributed by atoms with Gasteiger partial charge in [-0.25, -0.2) is 0 Å². The Morgan fingerprint density at radius 1 is 1.37 bits per heavy atom. The third-order valence-electron chi connectivity index (χ3n) is 6.09. The van der Waals surface area contributed by atoms with Gasteiger partial charge >= 0.3 is 0 Å². The first-order valence-corrected chi connectivity index (χ1v) is 11.5. The molecule has 1 fully saturated rings. The van der Waals surface area contributed by atoms with Crippen LogP contribution in [0.5, 0.6) is 5.75 Å². The van der Waals surface area contributed by atoms with E-state index in [0.29, 0.717) is 13.1 Å². The van der Waals surface area contributed by atoms with Gasteiger partial charge in [0.15, 0.2) is 5.78 Å². The molecular formula is C23H29N3O3S. The lowest BCUT2D eigenvalue weighted by Crippen LogP contribution is -2.37. The molecule has 3 aromatic rings. The molecule has 2 heterocycles. The van der Waals surface area contributed by atoms with Gasteiger partial charge in [-0.1, -0.05) is 19.3 Å². The number of thiazole rings is 1. The molecule has 1 aliphatic rings. The topological polar surface area (TPSA) is 67.6 Å². The second-order valence-electron chi connectivity index (χ2n) is 7.88. The summed E-state index contributed by atoms with van der Waals surface area (Å²) in [4.78, 5) is 19.4. The molecule has 1 N–H and O–H groups in total. The van der Waals surface area contributed by atoms with E-state index in [-0.39, 0.29) is 11.7 Å². The molecule has 0 radical (unpaired) electrons. The van der Waals surface area contributed by atoms with Crippen LogP contribution in [-0.4, -0.2) is 40.3 Å². The number of carbonyl (C=O) groups is 1. The highest BCUT2D eigenvalue weighted by atomic mass is 32.1. The fourth-order valence-corrected chi connectivity index (χ4v) is 5.21. The van der Waals surface area contributed by atoms with Crippen LogP contribution in [0.2, 0.25) is 0 Å². The number of ketones is 1. The molecule has 160 valence electrons. The minimum atomic E-state index is -0.727. The van der Waals surface area contributed by atoms with E-state index in [1.54, 1.807) is 18.8 Å². The molecule has 6 nitrogen and oxygen atoms in total. The molecule has 4 rings (SSSR count). The average Bonchev–Trinajstić information content (AvgIpc) is 3.43. The van der Waals surface area contributed by atoms with E-state index in [1.165, 1.54) is 17.8 Å². The highest BCUT2D eigenvalue weighted by Crippen LogP contribution is 2.32. The fourth-order valence-electron chi connectivity index (χ4n) is 4.47. The van der Waals surface area contributed by atoms with Gasteiger partial charge in [-0.2, -0.15) is 0 Å². The van der Waals surface area contributed by atoms with Gasteiger partial charge in [0.05, 0.1) is 30.9 Å². The molecule has 7 heteroatoms. The minimum Gasteiger partial charge on any atom is -0.497 e. The summed E-state index contributed by atoms with van der Waals surface area (Å²) in [5, 5.41) is 12.8. The summed E-state index contributed by atoms with van der Waals surface area (Å²) >= 11 is 1.50. The maximum absolute atomic E-state index is 13.3. The van der Waals surface area contributed by atoms with Crippen molar-refractivity contribution in [1.82, 2.24) is 9.55 Å². The second kappa shape index (κ2) is 9.18. The summed E-state index contributed by atoms with van der Waals surface area (Å²) in [6.45, 7) is 3.03. The van der Waals surface area contributed by atoms with E-state index in [0.717, 1.165) is 52.9 Å². The summed E-state index contributed by atoms with van der Waals surface area (Å²) in [5.74, 6) is 1.07.